The lowest BCUT2D eigenvalue weighted by Gasteiger charge is -2.11. The van der Waals surface area contributed by atoms with Gasteiger partial charge >= 0.3 is 0 Å². The van der Waals surface area contributed by atoms with Crippen molar-refractivity contribution in [2.75, 3.05) is 5.73 Å². The van der Waals surface area contributed by atoms with Gasteiger partial charge in [0, 0.05) is 5.69 Å². The number of amides is 1. The maximum atomic E-state index is 13.5. The number of hydrogen-bond acceptors (Lipinski definition) is 4. The van der Waals surface area contributed by atoms with Gasteiger partial charge in [-0.25, -0.2) is 9.37 Å². The Hall–Kier alpha value is -2.37. The van der Waals surface area contributed by atoms with Crippen molar-refractivity contribution in [3.63, 3.8) is 0 Å². The summed E-state index contributed by atoms with van der Waals surface area (Å²) in [6.07, 6.45) is 1.55. The van der Waals surface area contributed by atoms with Crippen LogP contribution in [0.2, 0.25) is 0 Å². The Kier molecular flexibility index (Phi) is 3.50. The van der Waals surface area contributed by atoms with Gasteiger partial charge in [0.1, 0.15) is 17.6 Å². The number of oxazole rings is 1. The Labute approximate surface area is 109 Å². The standard InChI is InChI=1S/C13H14FN3O2/c1-7-6-16-13(19-7)8(2)17-12(18)10-5-9(15)3-4-11(10)14/h3-6,8H,15H2,1-2H3,(H,17,18). The number of aryl methyl sites for hydroxylation is 1. The van der Waals surface area contributed by atoms with E-state index < -0.39 is 17.8 Å². The van der Waals surface area contributed by atoms with Crippen molar-refractivity contribution in [2.24, 2.45) is 0 Å². The van der Waals surface area contributed by atoms with Crippen LogP contribution in [0.15, 0.2) is 28.8 Å². The van der Waals surface area contributed by atoms with Crippen LogP contribution in [0.3, 0.4) is 0 Å². The van der Waals surface area contributed by atoms with Gasteiger partial charge < -0.3 is 15.5 Å². The molecule has 0 saturated heterocycles. The number of nitrogens with two attached hydrogens (primary N) is 1. The molecule has 3 N–H and O–H groups in total. The molecule has 2 rings (SSSR count). The lowest BCUT2D eigenvalue weighted by Crippen LogP contribution is -2.27. The molecule has 1 heterocycles. The summed E-state index contributed by atoms with van der Waals surface area (Å²) in [5, 5.41) is 2.60. The van der Waals surface area contributed by atoms with Gasteiger partial charge in [-0.1, -0.05) is 0 Å². The topological polar surface area (TPSA) is 81.2 Å². The molecule has 1 aromatic carbocycles. The van der Waals surface area contributed by atoms with Crippen LogP contribution in [-0.4, -0.2) is 10.9 Å². The van der Waals surface area contributed by atoms with E-state index in [1.165, 1.54) is 12.1 Å². The molecule has 0 radical (unpaired) electrons. The van der Waals surface area contributed by atoms with Crippen LogP contribution in [0, 0.1) is 12.7 Å². The molecule has 0 aliphatic carbocycles. The number of carbonyl (C=O) groups is 1. The number of anilines is 1. The van der Waals surface area contributed by atoms with E-state index in [0.29, 0.717) is 17.3 Å². The van der Waals surface area contributed by atoms with Crippen molar-refractivity contribution in [3.8, 4) is 0 Å². The fourth-order valence-electron chi connectivity index (χ4n) is 1.63. The fourth-order valence-corrected chi connectivity index (χ4v) is 1.63. The van der Waals surface area contributed by atoms with Crippen LogP contribution in [0.4, 0.5) is 10.1 Å². The van der Waals surface area contributed by atoms with Gasteiger partial charge in [0.05, 0.1) is 11.8 Å². The third-order valence-corrected chi connectivity index (χ3v) is 2.59. The zero-order chi connectivity index (χ0) is 14.0. The molecular weight excluding hydrogens is 249 g/mol. The molecule has 1 amide bonds. The molecule has 100 valence electrons. The molecule has 19 heavy (non-hydrogen) atoms. The van der Waals surface area contributed by atoms with Gasteiger partial charge in [0.15, 0.2) is 0 Å². The smallest absolute Gasteiger partial charge is 0.254 e. The summed E-state index contributed by atoms with van der Waals surface area (Å²) in [5.74, 6) is -0.169. The zero-order valence-corrected chi connectivity index (χ0v) is 10.6. The maximum absolute atomic E-state index is 13.5. The number of aromatic nitrogens is 1. The highest BCUT2D eigenvalue weighted by atomic mass is 19.1. The molecule has 2 aromatic rings. The highest BCUT2D eigenvalue weighted by molar-refractivity contribution is 5.95. The van der Waals surface area contributed by atoms with Crippen molar-refractivity contribution in [2.45, 2.75) is 19.9 Å². The molecule has 1 aromatic heterocycles. The first-order chi connectivity index (χ1) is 8.97. The molecule has 0 bridgehead atoms. The summed E-state index contributed by atoms with van der Waals surface area (Å²) in [6, 6.07) is 3.39. The summed E-state index contributed by atoms with van der Waals surface area (Å²) < 4.78 is 18.8. The minimum absolute atomic E-state index is 0.102. The van der Waals surface area contributed by atoms with Crippen LogP contribution in [-0.2, 0) is 0 Å². The Bertz CT molecular complexity index is 610. The van der Waals surface area contributed by atoms with Crippen molar-refractivity contribution < 1.29 is 13.6 Å². The second-order valence-electron chi connectivity index (χ2n) is 4.24. The Morgan fingerprint density at radius 3 is 2.89 bits per heavy atom. The average Bonchev–Trinajstić information content (AvgIpc) is 2.79. The van der Waals surface area contributed by atoms with Crippen LogP contribution in [0.25, 0.3) is 0 Å². The summed E-state index contributed by atoms with van der Waals surface area (Å²) in [4.78, 5) is 15.9. The van der Waals surface area contributed by atoms with Crippen molar-refractivity contribution in [1.82, 2.24) is 10.3 Å². The highest BCUT2D eigenvalue weighted by Gasteiger charge is 2.18. The number of nitrogens with zero attached hydrogens (tertiary/aromatic N) is 1. The van der Waals surface area contributed by atoms with E-state index in [2.05, 4.69) is 10.3 Å². The van der Waals surface area contributed by atoms with E-state index >= 15 is 0 Å². The van der Waals surface area contributed by atoms with E-state index in [1.807, 2.05) is 0 Å². The van der Waals surface area contributed by atoms with Crippen molar-refractivity contribution in [1.29, 1.82) is 0 Å². The lowest BCUT2D eigenvalue weighted by molar-refractivity contribution is 0.0930. The molecule has 0 aliphatic rings. The number of benzene rings is 1. The first kappa shape index (κ1) is 13.1. The fraction of sp³-hybridized carbons (Fsp3) is 0.231. The van der Waals surface area contributed by atoms with Crippen LogP contribution in [0.5, 0.6) is 0 Å². The van der Waals surface area contributed by atoms with Crippen LogP contribution < -0.4 is 11.1 Å². The predicted octanol–water partition coefficient (Wildman–Crippen LogP) is 2.20. The lowest BCUT2D eigenvalue weighted by atomic mass is 10.1. The molecule has 1 atom stereocenters. The second kappa shape index (κ2) is 5.09. The van der Waals surface area contributed by atoms with Gasteiger partial charge in [0.2, 0.25) is 5.89 Å². The summed E-state index contributed by atoms with van der Waals surface area (Å²) >= 11 is 0. The summed E-state index contributed by atoms with van der Waals surface area (Å²) in [6.45, 7) is 3.45. The van der Waals surface area contributed by atoms with Gasteiger partial charge in [-0.05, 0) is 32.0 Å². The summed E-state index contributed by atoms with van der Waals surface area (Å²) in [5.41, 5.74) is 5.76. The molecular formula is C13H14FN3O2. The largest absolute Gasteiger partial charge is 0.444 e. The number of carbonyl (C=O) groups excluding carboxylic acids is 1. The van der Waals surface area contributed by atoms with Gasteiger partial charge in [0.25, 0.3) is 5.91 Å². The van der Waals surface area contributed by atoms with Crippen LogP contribution >= 0.6 is 0 Å². The molecule has 1 unspecified atom stereocenters. The zero-order valence-electron chi connectivity index (χ0n) is 10.6. The van der Waals surface area contributed by atoms with E-state index in [1.54, 1.807) is 20.0 Å². The molecule has 6 heteroatoms. The first-order valence-corrected chi connectivity index (χ1v) is 5.75. The maximum Gasteiger partial charge on any atom is 0.254 e. The number of hydrogen-bond donors (Lipinski definition) is 2. The summed E-state index contributed by atoms with van der Waals surface area (Å²) in [7, 11) is 0. The Morgan fingerprint density at radius 1 is 1.53 bits per heavy atom. The number of nitrogens with one attached hydrogen (secondary N) is 1. The molecule has 5 nitrogen and oxygen atoms in total. The highest BCUT2D eigenvalue weighted by Crippen LogP contribution is 2.16. The van der Waals surface area contributed by atoms with Gasteiger partial charge in [-0.2, -0.15) is 0 Å². The Balaban J connectivity index is 2.15. The third kappa shape index (κ3) is 2.90. The minimum Gasteiger partial charge on any atom is -0.444 e. The monoisotopic (exact) mass is 263 g/mol. The molecule has 0 fully saturated rings. The van der Waals surface area contributed by atoms with E-state index in [4.69, 9.17) is 10.2 Å². The molecule has 0 saturated carbocycles. The number of halogens is 1. The normalized spacial score (nSPS) is 12.2. The second-order valence-corrected chi connectivity index (χ2v) is 4.24. The molecule has 0 aliphatic heterocycles. The minimum atomic E-state index is -0.623. The first-order valence-electron chi connectivity index (χ1n) is 5.75. The van der Waals surface area contributed by atoms with Crippen molar-refractivity contribution >= 4 is 11.6 Å². The number of nitrogen functional groups attached to an aromatic ring is 1. The van der Waals surface area contributed by atoms with Gasteiger partial charge in [-0.15, -0.1) is 0 Å². The quantitative estimate of drug-likeness (QED) is 0.832. The van der Waals surface area contributed by atoms with E-state index in [0.717, 1.165) is 6.07 Å². The van der Waals surface area contributed by atoms with Crippen LogP contribution in [0.1, 0.15) is 35.0 Å². The van der Waals surface area contributed by atoms with Crippen molar-refractivity contribution in [3.05, 3.63) is 47.4 Å². The third-order valence-electron chi connectivity index (χ3n) is 2.59. The van der Waals surface area contributed by atoms with Gasteiger partial charge in [-0.3, -0.25) is 4.79 Å². The average molecular weight is 263 g/mol. The Morgan fingerprint density at radius 2 is 2.26 bits per heavy atom. The van der Waals surface area contributed by atoms with E-state index in [9.17, 15) is 9.18 Å². The number of rotatable bonds is 3. The van der Waals surface area contributed by atoms with E-state index in [-0.39, 0.29) is 5.56 Å². The SMILES string of the molecule is Cc1cnc(C(C)NC(=O)c2cc(N)ccc2F)o1. The predicted molar refractivity (Wildman–Crippen MR) is 67.9 cm³/mol. The molecule has 0 spiro atoms.